The van der Waals surface area contributed by atoms with Crippen LogP contribution in [0.4, 0.5) is 0 Å². The van der Waals surface area contributed by atoms with Crippen molar-refractivity contribution in [2.45, 2.75) is 40.3 Å². The third-order valence-electron chi connectivity index (χ3n) is 3.20. The second kappa shape index (κ2) is 5.55. The van der Waals surface area contributed by atoms with Crippen LogP contribution in [0.5, 0.6) is 0 Å². The van der Waals surface area contributed by atoms with Gasteiger partial charge in [-0.3, -0.25) is 4.90 Å². The van der Waals surface area contributed by atoms with Crippen LogP contribution in [-0.2, 0) is 6.54 Å². The Balaban J connectivity index is 2.81. The quantitative estimate of drug-likeness (QED) is 0.766. The molecule has 0 saturated heterocycles. The lowest BCUT2D eigenvalue weighted by molar-refractivity contribution is 0.133. The predicted molar refractivity (Wildman–Crippen MR) is 74.6 cm³/mol. The maximum atomic E-state index is 6.11. The van der Waals surface area contributed by atoms with Gasteiger partial charge >= 0.3 is 0 Å². The average molecular weight is 275 g/mol. The Morgan fingerprint density at radius 3 is 2.41 bits per heavy atom. The maximum Gasteiger partial charge on any atom is 0.129 e. The van der Waals surface area contributed by atoms with E-state index in [0.29, 0.717) is 22.8 Å². The highest BCUT2D eigenvalue weighted by Gasteiger charge is 2.24. The number of halogens is 2. The van der Waals surface area contributed by atoms with Crippen molar-refractivity contribution in [3.63, 3.8) is 0 Å². The molecule has 0 aliphatic carbocycles. The molecule has 1 atom stereocenters. The minimum atomic E-state index is 0.222. The van der Waals surface area contributed by atoms with Crippen molar-refractivity contribution < 1.29 is 0 Å². The topological polar surface area (TPSA) is 16.1 Å². The minimum absolute atomic E-state index is 0.222. The van der Waals surface area contributed by atoms with Gasteiger partial charge in [-0.25, -0.2) is 4.98 Å². The normalized spacial score (nSPS) is 14.1. The van der Waals surface area contributed by atoms with Crippen molar-refractivity contribution in [3.05, 3.63) is 28.0 Å². The fourth-order valence-corrected chi connectivity index (χ4v) is 1.93. The van der Waals surface area contributed by atoms with E-state index in [0.717, 1.165) is 5.69 Å². The predicted octanol–water partition coefficient (Wildman–Crippen LogP) is 4.25. The van der Waals surface area contributed by atoms with Crippen LogP contribution in [-0.4, -0.2) is 23.0 Å². The van der Waals surface area contributed by atoms with E-state index in [2.05, 4.69) is 44.6 Å². The van der Waals surface area contributed by atoms with Gasteiger partial charge in [0, 0.05) is 12.6 Å². The number of hydrogen-bond acceptors (Lipinski definition) is 2. The highest BCUT2D eigenvalue weighted by atomic mass is 35.5. The third-order valence-corrected chi connectivity index (χ3v) is 3.75. The first-order valence-corrected chi connectivity index (χ1v) is 6.48. The van der Waals surface area contributed by atoms with Gasteiger partial charge in [0.25, 0.3) is 0 Å². The molecule has 0 aliphatic rings. The number of hydrogen-bond donors (Lipinski definition) is 0. The zero-order valence-electron chi connectivity index (χ0n) is 11.1. The fourth-order valence-electron chi connectivity index (χ4n) is 1.60. The minimum Gasteiger partial charge on any atom is -0.297 e. The second-order valence-electron chi connectivity index (χ2n) is 5.52. The van der Waals surface area contributed by atoms with Crippen LogP contribution in [0, 0.1) is 5.41 Å². The summed E-state index contributed by atoms with van der Waals surface area (Å²) in [6.07, 6.45) is 0. The number of nitrogens with zero attached hydrogens (tertiary/aromatic N) is 2. The first-order chi connectivity index (χ1) is 7.71. The van der Waals surface area contributed by atoms with E-state index in [-0.39, 0.29) is 5.41 Å². The lowest BCUT2D eigenvalue weighted by Crippen LogP contribution is -2.39. The van der Waals surface area contributed by atoms with Gasteiger partial charge in [0.1, 0.15) is 5.15 Å². The molecule has 0 fully saturated rings. The summed E-state index contributed by atoms with van der Waals surface area (Å²) in [5.74, 6) is 0. The zero-order valence-corrected chi connectivity index (χ0v) is 12.6. The molecule has 0 N–H and O–H groups in total. The van der Waals surface area contributed by atoms with Crippen molar-refractivity contribution in [3.8, 4) is 0 Å². The Morgan fingerprint density at radius 1 is 1.29 bits per heavy atom. The van der Waals surface area contributed by atoms with Crippen molar-refractivity contribution in [2.24, 2.45) is 5.41 Å². The molecule has 4 heteroatoms. The largest absolute Gasteiger partial charge is 0.297 e. The Morgan fingerprint density at radius 2 is 1.88 bits per heavy atom. The van der Waals surface area contributed by atoms with E-state index in [4.69, 9.17) is 23.2 Å². The summed E-state index contributed by atoms with van der Waals surface area (Å²) >= 11 is 12.0. The van der Waals surface area contributed by atoms with Crippen LogP contribution in [0.3, 0.4) is 0 Å². The Labute approximate surface area is 114 Å². The fraction of sp³-hybridized carbons (Fsp3) is 0.615. The summed E-state index contributed by atoms with van der Waals surface area (Å²) in [6.45, 7) is 9.58. The van der Waals surface area contributed by atoms with Crippen molar-refractivity contribution in [1.82, 2.24) is 9.88 Å². The van der Waals surface area contributed by atoms with Crippen LogP contribution in [0.2, 0.25) is 10.2 Å². The van der Waals surface area contributed by atoms with Gasteiger partial charge in [-0.05, 0) is 31.5 Å². The van der Waals surface area contributed by atoms with Crippen molar-refractivity contribution >= 4 is 23.2 Å². The molecule has 0 bridgehead atoms. The molecule has 1 heterocycles. The van der Waals surface area contributed by atoms with Gasteiger partial charge in [-0.2, -0.15) is 0 Å². The van der Waals surface area contributed by atoms with Gasteiger partial charge < -0.3 is 0 Å². The van der Waals surface area contributed by atoms with Gasteiger partial charge in [0.15, 0.2) is 0 Å². The summed E-state index contributed by atoms with van der Waals surface area (Å²) in [7, 11) is 2.08. The van der Waals surface area contributed by atoms with E-state index < -0.39 is 0 Å². The van der Waals surface area contributed by atoms with E-state index >= 15 is 0 Å². The smallest absolute Gasteiger partial charge is 0.129 e. The highest BCUT2D eigenvalue weighted by Crippen LogP contribution is 2.25. The summed E-state index contributed by atoms with van der Waals surface area (Å²) in [5.41, 5.74) is 1.05. The molecule has 0 amide bonds. The Hall–Kier alpha value is -0.310. The monoisotopic (exact) mass is 274 g/mol. The summed E-state index contributed by atoms with van der Waals surface area (Å²) in [4.78, 5) is 6.51. The molecule has 0 spiro atoms. The van der Waals surface area contributed by atoms with E-state index in [9.17, 15) is 0 Å². The Kier molecular flexibility index (Phi) is 4.82. The second-order valence-corrected chi connectivity index (χ2v) is 6.31. The van der Waals surface area contributed by atoms with Crippen molar-refractivity contribution in [1.29, 1.82) is 0 Å². The molecule has 1 unspecified atom stereocenters. The summed E-state index contributed by atoms with van der Waals surface area (Å²) in [6, 6.07) is 3.93. The SMILES string of the molecule is CC(N(C)Cc1nc(Cl)ccc1Cl)C(C)(C)C. The lowest BCUT2D eigenvalue weighted by atomic mass is 9.87. The highest BCUT2D eigenvalue weighted by molar-refractivity contribution is 6.32. The average Bonchev–Trinajstić information content (AvgIpc) is 2.21. The Bertz CT molecular complexity index is 385. The molecule has 1 aromatic rings. The van der Waals surface area contributed by atoms with Crippen LogP contribution >= 0.6 is 23.2 Å². The first-order valence-electron chi connectivity index (χ1n) is 5.73. The zero-order chi connectivity index (χ0) is 13.2. The van der Waals surface area contributed by atoms with Crippen LogP contribution in [0.15, 0.2) is 12.1 Å². The molecule has 96 valence electrons. The molecule has 0 aromatic carbocycles. The molecule has 0 radical (unpaired) electrons. The first kappa shape index (κ1) is 14.7. The van der Waals surface area contributed by atoms with Gasteiger partial charge in [0.05, 0.1) is 10.7 Å². The number of rotatable bonds is 3. The maximum absolute atomic E-state index is 6.11. The van der Waals surface area contributed by atoms with Crippen LogP contribution < -0.4 is 0 Å². The number of aromatic nitrogens is 1. The molecule has 17 heavy (non-hydrogen) atoms. The molecule has 1 aromatic heterocycles. The molecular weight excluding hydrogens is 255 g/mol. The van der Waals surface area contributed by atoms with Crippen LogP contribution in [0.25, 0.3) is 0 Å². The molecule has 1 rings (SSSR count). The molecule has 0 saturated carbocycles. The lowest BCUT2D eigenvalue weighted by Gasteiger charge is -2.35. The third kappa shape index (κ3) is 4.13. The van der Waals surface area contributed by atoms with Crippen molar-refractivity contribution in [2.75, 3.05) is 7.05 Å². The van der Waals surface area contributed by atoms with E-state index in [1.165, 1.54) is 0 Å². The van der Waals surface area contributed by atoms with E-state index in [1.54, 1.807) is 12.1 Å². The summed E-state index contributed by atoms with van der Waals surface area (Å²) in [5, 5.41) is 1.16. The van der Waals surface area contributed by atoms with Gasteiger partial charge in [-0.1, -0.05) is 44.0 Å². The molecule has 0 aliphatic heterocycles. The summed E-state index contributed by atoms with van der Waals surface area (Å²) < 4.78 is 0. The molecule has 2 nitrogen and oxygen atoms in total. The van der Waals surface area contributed by atoms with Gasteiger partial charge in [0.2, 0.25) is 0 Å². The number of pyridine rings is 1. The standard InChI is InChI=1S/C13H20Cl2N2/c1-9(13(2,3)4)17(5)8-11-10(14)6-7-12(15)16-11/h6-7,9H,8H2,1-5H3. The van der Waals surface area contributed by atoms with E-state index in [1.807, 2.05) is 0 Å². The van der Waals surface area contributed by atoms with Crippen LogP contribution in [0.1, 0.15) is 33.4 Å². The molecular formula is C13H20Cl2N2. The van der Waals surface area contributed by atoms with Gasteiger partial charge in [-0.15, -0.1) is 0 Å².